The van der Waals surface area contributed by atoms with Gasteiger partial charge in [-0.1, -0.05) is 0 Å². The van der Waals surface area contributed by atoms with E-state index in [1.54, 1.807) is 13.8 Å². The maximum absolute atomic E-state index is 11.6. The number of carbonyl (C=O) groups is 1. The van der Waals surface area contributed by atoms with E-state index in [4.69, 9.17) is 10.5 Å². The van der Waals surface area contributed by atoms with Gasteiger partial charge >= 0.3 is 5.97 Å². The summed E-state index contributed by atoms with van der Waals surface area (Å²) in [5, 5.41) is 4.20. The predicted molar refractivity (Wildman–Crippen MR) is 78.0 cm³/mol. The molecule has 0 aliphatic heterocycles. The second-order valence-electron chi connectivity index (χ2n) is 4.52. The average Bonchev–Trinajstić information content (AvgIpc) is 2.71. The highest BCUT2D eigenvalue weighted by molar-refractivity contribution is 14.1. The smallest absolute Gasteiger partial charge is 0.325 e. The fourth-order valence-electron chi connectivity index (χ4n) is 1.62. The zero-order valence-electron chi connectivity index (χ0n) is 10.9. The van der Waals surface area contributed by atoms with Crippen LogP contribution in [0.1, 0.15) is 33.1 Å². The van der Waals surface area contributed by atoms with Crippen LogP contribution in [-0.4, -0.2) is 27.9 Å². The summed E-state index contributed by atoms with van der Waals surface area (Å²) in [6.07, 6.45) is 6.27. The molecule has 0 saturated heterocycles. The van der Waals surface area contributed by atoms with Gasteiger partial charge in [0.2, 0.25) is 0 Å². The number of hydrogen-bond donors (Lipinski definition) is 1. The minimum Gasteiger partial charge on any atom is -0.465 e. The summed E-state index contributed by atoms with van der Waals surface area (Å²) in [7, 11) is 0. The molecular weight excluding hydrogens is 345 g/mol. The lowest BCUT2D eigenvalue weighted by Gasteiger charge is -2.21. The van der Waals surface area contributed by atoms with E-state index < -0.39 is 5.54 Å². The lowest BCUT2D eigenvalue weighted by molar-refractivity contribution is -0.149. The molecule has 0 aromatic carbocycles. The zero-order chi connectivity index (χ0) is 13.6. The summed E-state index contributed by atoms with van der Waals surface area (Å²) in [6.45, 7) is 4.73. The molecule has 1 aromatic rings. The standard InChI is InChI=1S/C12H20IN3O2/c1-3-18-11(17)12(2,14)6-4-5-7-16-9-10(13)8-15-16/h8-9H,3-7,14H2,1-2H3. The van der Waals surface area contributed by atoms with E-state index in [0.717, 1.165) is 23.0 Å². The zero-order valence-corrected chi connectivity index (χ0v) is 13.0. The van der Waals surface area contributed by atoms with Crippen LogP contribution in [0.5, 0.6) is 0 Å². The third-order valence-electron chi connectivity index (χ3n) is 2.68. The van der Waals surface area contributed by atoms with Crippen LogP contribution in [0.2, 0.25) is 0 Å². The number of rotatable bonds is 7. The van der Waals surface area contributed by atoms with Crippen molar-refractivity contribution in [3.05, 3.63) is 16.0 Å². The molecule has 1 aromatic heterocycles. The Kier molecular flexibility index (Phi) is 6.07. The van der Waals surface area contributed by atoms with Gasteiger partial charge in [0.15, 0.2) is 0 Å². The monoisotopic (exact) mass is 365 g/mol. The van der Waals surface area contributed by atoms with Crippen LogP contribution < -0.4 is 5.73 Å². The van der Waals surface area contributed by atoms with Gasteiger partial charge in [0.25, 0.3) is 0 Å². The average molecular weight is 365 g/mol. The second-order valence-corrected chi connectivity index (χ2v) is 5.76. The number of esters is 1. The molecule has 0 bridgehead atoms. The molecule has 0 saturated carbocycles. The van der Waals surface area contributed by atoms with Crippen LogP contribution >= 0.6 is 22.6 Å². The number of aromatic nitrogens is 2. The van der Waals surface area contributed by atoms with E-state index in [1.165, 1.54) is 0 Å². The quantitative estimate of drug-likeness (QED) is 0.456. The number of ether oxygens (including phenoxy) is 1. The number of nitrogens with zero attached hydrogens (tertiary/aromatic N) is 2. The number of unbranched alkanes of at least 4 members (excludes halogenated alkanes) is 1. The van der Waals surface area contributed by atoms with Crippen LogP contribution in [0.15, 0.2) is 12.4 Å². The maximum Gasteiger partial charge on any atom is 0.325 e. The molecule has 6 heteroatoms. The van der Waals surface area contributed by atoms with Gasteiger partial charge in [0.05, 0.1) is 16.4 Å². The number of aryl methyl sites for hydroxylation is 1. The second kappa shape index (κ2) is 7.08. The Bertz CT molecular complexity index is 390. The largest absolute Gasteiger partial charge is 0.465 e. The first kappa shape index (κ1) is 15.4. The van der Waals surface area contributed by atoms with E-state index >= 15 is 0 Å². The van der Waals surface area contributed by atoms with Crippen molar-refractivity contribution < 1.29 is 9.53 Å². The Morgan fingerprint density at radius 3 is 2.89 bits per heavy atom. The molecular formula is C12H20IN3O2. The van der Waals surface area contributed by atoms with Crippen molar-refractivity contribution >= 4 is 28.6 Å². The van der Waals surface area contributed by atoms with E-state index in [0.29, 0.717) is 13.0 Å². The first-order valence-corrected chi connectivity index (χ1v) is 7.17. The van der Waals surface area contributed by atoms with Crippen LogP contribution in [0.3, 0.4) is 0 Å². The normalized spacial score (nSPS) is 14.2. The molecule has 0 amide bonds. The van der Waals surface area contributed by atoms with Crippen molar-refractivity contribution in [2.24, 2.45) is 5.73 Å². The molecule has 1 rings (SSSR count). The van der Waals surface area contributed by atoms with Gasteiger partial charge in [-0.25, -0.2) is 0 Å². The molecule has 1 unspecified atom stereocenters. The molecule has 5 nitrogen and oxygen atoms in total. The number of halogens is 1. The van der Waals surface area contributed by atoms with Gasteiger partial charge in [-0.05, 0) is 55.7 Å². The van der Waals surface area contributed by atoms with E-state index in [1.807, 2.05) is 17.1 Å². The first-order chi connectivity index (χ1) is 8.45. The number of carbonyl (C=O) groups excluding carboxylic acids is 1. The van der Waals surface area contributed by atoms with Crippen molar-refractivity contribution in [2.45, 2.75) is 45.2 Å². The Labute approximate surface area is 121 Å². The number of hydrogen-bond acceptors (Lipinski definition) is 4. The van der Waals surface area contributed by atoms with Crippen LogP contribution in [0.4, 0.5) is 0 Å². The number of nitrogens with two attached hydrogens (primary N) is 1. The fourth-order valence-corrected chi connectivity index (χ4v) is 2.07. The molecule has 2 N–H and O–H groups in total. The highest BCUT2D eigenvalue weighted by atomic mass is 127. The molecule has 0 aliphatic carbocycles. The van der Waals surface area contributed by atoms with E-state index in [2.05, 4.69) is 27.7 Å². The van der Waals surface area contributed by atoms with E-state index in [9.17, 15) is 4.79 Å². The molecule has 0 radical (unpaired) electrons. The van der Waals surface area contributed by atoms with Gasteiger partial charge in [-0.15, -0.1) is 0 Å². The minimum atomic E-state index is -0.880. The van der Waals surface area contributed by atoms with Gasteiger partial charge in [-0.3, -0.25) is 9.48 Å². The Morgan fingerprint density at radius 2 is 2.33 bits per heavy atom. The van der Waals surface area contributed by atoms with Crippen molar-refractivity contribution in [2.75, 3.05) is 6.61 Å². The molecule has 102 valence electrons. The molecule has 0 fully saturated rings. The Balaban J connectivity index is 2.26. The lowest BCUT2D eigenvalue weighted by atomic mass is 9.96. The molecule has 18 heavy (non-hydrogen) atoms. The summed E-state index contributed by atoms with van der Waals surface area (Å²) in [6, 6.07) is 0. The van der Waals surface area contributed by atoms with E-state index in [-0.39, 0.29) is 5.97 Å². The molecule has 1 atom stereocenters. The minimum absolute atomic E-state index is 0.321. The molecule has 0 spiro atoms. The fraction of sp³-hybridized carbons (Fsp3) is 0.667. The van der Waals surface area contributed by atoms with Gasteiger partial charge in [-0.2, -0.15) is 5.10 Å². The van der Waals surface area contributed by atoms with Gasteiger partial charge in [0, 0.05) is 12.7 Å². The highest BCUT2D eigenvalue weighted by Gasteiger charge is 2.28. The van der Waals surface area contributed by atoms with Crippen molar-refractivity contribution in [1.29, 1.82) is 0 Å². The molecule has 1 heterocycles. The van der Waals surface area contributed by atoms with Crippen molar-refractivity contribution in [1.82, 2.24) is 9.78 Å². The lowest BCUT2D eigenvalue weighted by Crippen LogP contribution is -2.46. The highest BCUT2D eigenvalue weighted by Crippen LogP contribution is 2.13. The van der Waals surface area contributed by atoms with Crippen molar-refractivity contribution in [3.8, 4) is 0 Å². The predicted octanol–water partition coefficient (Wildman–Crippen LogP) is 1.94. The van der Waals surface area contributed by atoms with Gasteiger partial charge in [0.1, 0.15) is 5.54 Å². The van der Waals surface area contributed by atoms with Crippen LogP contribution in [-0.2, 0) is 16.1 Å². The summed E-state index contributed by atoms with van der Waals surface area (Å²) < 4.78 is 7.97. The molecule has 0 aliphatic rings. The summed E-state index contributed by atoms with van der Waals surface area (Å²) in [4.78, 5) is 11.6. The summed E-state index contributed by atoms with van der Waals surface area (Å²) >= 11 is 2.23. The Hall–Kier alpha value is -0.630. The summed E-state index contributed by atoms with van der Waals surface area (Å²) in [5.74, 6) is -0.321. The SMILES string of the molecule is CCOC(=O)C(C)(N)CCCCn1cc(I)cn1. The van der Waals surface area contributed by atoms with Gasteiger partial charge < -0.3 is 10.5 Å². The topological polar surface area (TPSA) is 70.1 Å². The first-order valence-electron chi connectivity index (χ1n) is 6.10. The summed E-state index contributed by atoms with van der Waals surface area (Å²) in [5.41, 5.74) is 5.05. The third-order valence-corrected chi connectivity index (χ3v) is 3.23. The van der Waals surface area contributed by atoms with Crippen LogP contribution in [0, 0.1) is 3.57 Å². The van der Waals surface area contributed by atoms with Crippen LogP contribution in [0.25, 0.3) is 0 Å². The van der Waals surface area contributed by atoms with Crippen molar-refractivity contribution in [3.63, 3.8) is 0 Å². The maximum atomic E-state index is 11.6. The Morgan fingerprint density at radius 1 is 1.61 bits per heavy atom. The third kappa shape index (κ3) is 4.93.